The molecule has 0 bridgehead atoms. The van der Waals surface area contributed by atoms with Crippen LogP contribution in [0.4, 0.5) is 34.1 Å². The molecular formula is C34H24N6Na2O8S2. The second kappa shape index (κ2) is 16.3. The Bertz CT molecular complexity index is 2630. The first-order chi connectivity index (χ1) is 23.7. The SMILES string of the molecule is Cc1cc(NC(=O)c2ccc(N)cc2)ccc1N=Nc1ccc(N=Nc2cc(S(=O)(=O)[O-])cc3cc(S(=O)(=O)[O-])cc(O)c23)c2ccccc12.[Na+].[Na+]. The third-order valence-corrected chi connectivity index (χ3v) is 9.19. The number of fused-ring (bicyclic) bond motifs is 2. The maximum Gasteiger partial charge on any atom is 1.00 e. The average Bonchev–Trinajstić information content (AvgIpc) is 3.06. The summed E-state index contributed by atoms with van der Waals surface area (Å²) in [7, 11) is -10.1. The van der Waals surface area contributed by atoms with Crippen molar-refractivity contribution in [1.29, 1.82) is 0 Å². The van der Waals surface area contributed by atoms with Crippen LogP contribution in [0.2, 0.25) is 0 Å². The van der Waals surface area contributed by atoms with Crippen LogP contribution in [0.1, 0.15) is 15.9 Å². The van der Waals surface area contributed by atoms with E-state index in [1.807, 2.05) is 6.92 Å². The van der Waals surface area contributed by atoms with Gasteiger partial charge >= 0.3 is 59.1 Å². The Hall–Kier alpha value is -4.07. The number of aryl methyl sites for hydroxylation is 1. The standard InChI is InChI=1S/C34H26N6O8S2.2Na/c1-19-14-23(36-34(42)20-6-8-22(35)9-7-20)10-11-28(19)37-38-29-12-13-30(27-5-3-2-4-26(27)29)39-40-31-17-24(49(43,44)45)15-21-16-25(50(46,47)48)18-32(41)33(21)31;;/h2-18,41H,35H2,1H3,(H,36,42)(H,43,44,45)(H,46,47,48);;/q;2*+1/p-2. The Morgan fingerprint density at radius 3 is 1.71 bits per heavy atom. The van der Waals surface area contributed by atoms with Crippen LogP contribution in [0.3, 0.4) is 0 Å². The molecule has 52 heavy (non-hydrogen) atoms. The molecule has 0 fully saturated rings. The largest absolute Gasteiger partial charge is 1.00 e. The number of nitrogens with zero attached hydrogens (tertiary/aromatic N) is 4. The molecule has 0 radical (unpaired) electrons. The van der Waals surface area contributed by atoms with E-state index in [9.17, 15) is 35.8 Å². The Morgan fingerprint density at radius 2 is 1.17 bits per heavy atom. The van der Waals surface area contributed by atoms with Crippen molar-refractivity contribution >= 4 is 81.8 Å². The van der Waals surface area contributed by atoms with Crippen LogP contribution < -0.4 is 70.2 Å². The number of hydrogen-bond donors (Lipinski definition) is 3. The summed E-state index contributed by atoms with van der Waals surface area (Å²) in [6.45, 7) is 1.82. The minimum Gasteiger partial charge on any atom is -0.744 e. The summed E-state index contributed by atoms with van der Waals surface area (Å²) in [4.78, 5) is 11.0. The number of carbonyl (C=O) groups is 1. The van der Waals surface area contributed by atoms with E-state index in [-0.39, 0.29) is 81.5 Å². The third kappa shape index (κ3) is 9.10. The molecule has 6 aromatic rings. The number of carbonyl (C=O) groups excluding carboxylic acids is 1. The van der Waals surface area contributed by atoms with Crippen LogP contribution in [-0.2, 0) is 20.2 Å². The van der Waals surface area contributed by atoms with Crippen molar-refractivity contribution < 1.29 is 95.0 Å². The van der Waals surface area contributed by atoms with Gasteiger partial charge in [0.05, 0.1) is 37.9 Å². The molecule has 18 heteroatoms. The van der Waals surface area contributed by atoms with E-state index in [0.29, 0.717) is 50.8 Å². The number of phenols is 1. The van der Waals surface area contributed by atoms with E-state index >= 15 is 0 Å². The van der Waals surface area contributed by atoms with E-state index in [1.54, 1.807) is 78.9 Å². The Balaban J connectivity index is 0.00000302. The molecule has 0 aliphatic heterocycles. The molecule has 0 aliphatic carbocycles. The zero-order valence-corrected chi connectivity index (χ0v) is 33.4. The first kappa shape index (κ1) is 40.7. The predicted molar refractivity (Wildman–Crippen MR) is 184 cm³/mol. The topological polar surface area (TPSA) is 239 Å². The van der Waals surface area contributed by atoms with E-state index < -0.39 is 35.8 Å². The number of amides is 1. The number of azo groups is 2. The Morgan fingerprint density at radius 1 is 0.673 bits per heavy atom. The van der Waals surface area contributed by atoms with Gasteiger partial charge in [-0.25, -0.2) is 16.8 Å². The second-order valence-corrected chi connectivity index (χ2v) is 13.8. The van der Waals surface area contributed by atoms with Gasteiger partial charge in [0.1, 0.15) is 26.0 Å². The summed E-state index contributed by atoms with van der Waals surface area (Å²) in [6.07, 6.45) is 0. The van der Waals surface area contributed by atoms with Gasteiger partial charge in [-0.3, -0.25) is 4.79 Å². The van der Waals surface area contributed by atoms with Gasteiger partial charge in [0.2, 0.25) is 0 Å². The van der Waals surface area contributed by atoms with Crippen molar-refractivity contribution in [1.82, 2.24) is 0 Å². The monoisotopic (exact) mass is 754 g/mol. The summed E-state index contributed by atoms with van der Waals surface area (Å²) in [5.74, 6) is -0.978. The first-order valence-corrected chi connectivity index (χ1v) is 17.3. The molecular weight excluding hydrogens is 731 g/mol. The minimum absolute atomic E-state index is 0. The molecule has 0 saturated heterocycles. The van der Waals surface area contributed by atoms with Crippen molar-refractivity contribution in [3.63, 3.8) is 0 Å². The molecule has 0 spiro atoms. The summed E-state index contributed by atoms with van der Waals surface area (Å²) in [5.41, 5.74) is 9.09. The van der Waals surface area contributed by atoms with Gasteiger partial charge in [0.15, 0.2) is 0 Å². The van der Waals surface area contributed by atoms with Crippen molar-refractivity contribution in [2.45, 2.75) is 16.7 Å². The van der Waals surface area contributed by atoms with Crippen molar-refractivity contribution in [3.8, 4) is 5.75 Å². The molecule has 0 aromatic heterocycles. The van der Waals surface area contributed by atoms with Crippen LogP contribution in [0, 0.1) is 6.92 Å². The van der Waals surface area contributed by atoms with Gasteiger partial charge in [-0.1, -0.05) is 24.3 Å². The van der Waals surface area contributed by atoms with Gasteiger partial charge in [0.25, 0.3) is 5.91 Å². The van der Waals surface area contributed by atoms with Gasteiger partial charge in [-0.05, 0) is 96.7 Å². The number of nitrogens with two attached hydrogens (primary N) is 1. The van der Waals surface area contributed by atoms with E-state index in [1.165, 1.54) is 0 Å². The molecule has 252 valence electrons. The molecule has 0 aliphatic rings. The minimum atomic E-state index is -5.06. The molecule has 0 unspecified atom stereocenters. The summed E-state index contributed by atoms with van der Waals surface area (Å²) < 4.78 is 70.4. The summed E-state index contributed by atoms with van der Waals surface area (Å²) in [5, 5.41) is 31.5. The molecule has 6 aromatic carbocycles. The summed E-state index contributed by atoms with van der Waals surface area (Å²) >= 11 is 0. The molecule has 0 heterocycles. The van der Waals surface area contributed by atoms with Crippen molar-refractivity contribution in [3.05, 3.63) is 114 Å². The fourth-order valence-corrected chi connectivity index (χ4v) is 6.18. The number of rotatable bonds is 8. The zero-order chi connectivity index (χ0) is 35.8. The fourth-order valence-electron chi connectivity index (χ4n) is 5.12. The predicted octanol–water partition coefficient (Wildman–Crippen LogP) is 1.49. The molecule has 6 rings (SSSR count). The molecule has 0 saturated carbocycles. The molecule has 14 nitrogen and oxygen atoms in total. The number of hydrogen-bond acceptors (Lipinski definition) is 13. The van der Waals surface area contributed by atoms with E-state index in [4.69, 9.17) is 5.73 Å². The zero-order valence-electron chi connectivity index (χ0n) is 27.8. The van der Waals surface area contributed by atoms with Crippen LogP contribution in [0.25, 0.3) is 21.5 Å². The van der Waals surface area contributed by atoms with Crippen LogP contribution in [0.15, 0.2) is 133 Å². The molecule has 4 N–H and O–H groups in total. The van der Waals surface area contributed by atoms with E-state index in [2.05, 4.69) is 25.8 Å². The van der Waals surface area contributed by atoms with Crippen LogP contribution >= 0.6 is 0 Å². The number of anilines is 2. The third-order valence-electron chi connectivity index (χ3n) is 7.57. The quantitative estimate of drug-likeness (QED) is 0.0882. The smallest absolute Gasteiger partial charge is 0.744 e. The number of benzene rings is 6. The Kier molecular flexibility index (Phi) is 12.8. The average molecular weight is 755 g/mol. The van der Waals surface area contributed by atoms with Gasteiger partial charge in [-0.15, -0.1) is 15.3 Å². The fraction of sp³-hybridized carbons (Fsp3) is 0.0294. The maximum absolute atomic E-state index is 12.6. The van der Waals surface area contributed by atoms with Crippen LogP contribution in [-0.4, -0.2) is 37.0 Å². The summed E-state index contributed by atoms with van der Waals surface area (Å²) in [6, 6.07) is 25.3. The number of phenolic OH excluding ortho intramolecular Hbond substituents is 1. The van der Waals surface area contributed by atoms with Crippen molar-refractivity contribution in [2.75, 3.05) is 11.1 Å². The van der Waals surface area contributed by atoms with Gasteiger partial charge < -0.3 is 25.3 Å². The number of aromatic hydroxyl groups is 1. The van der Waals surface area contributed by atoms with E-state index in [0.717, 1.165) is 23.8 Å². The van der Waals surface area contributed by atoms with Crippen LogP contribution in [0.5, 0.6) is 5.75 Å². The second-order valence-electron chi connectivity index (χ2n) is 11.0. The first-order valence-electron chi connectivity index (χ1n) is 14.5. The number of nitrogens with one attached hydrogen (secondary N) is 1. The van der Waals surface area contributed by atoms with Gasteiger partial charge in [-0.2, -0.15) is 5.11 Å². The maximum atomic E-state index is 12.6. The molecule has 1 amide bonds. The normalized spacial score (nSPS) is 11.8. The molecule has 0 atom stereocenters. The van der Waals surface area contributed by atoms with Gasteiger partial charge in [0, 0.05) is 27.7 Å². The number of nitrogen functional groups attached to an aromatic ring is 1. The van der Waals surface area contributed by atoms with Crippen molar-refractivity contribution in [2.24, 2.45) is 20.5 Å². The Labute approximate surface area is 342 Å².